The van der Waals surface area contributed by atoms with E-state index in [9.17, 15) is 0 Å². The molecule has 29 heavy (non-hydrogen) atoms. The van der Waals surface area contributed by atoms with Crippen LogP contribution in [0.5, 0.6) is 11.8 Å². The van der Waals surface area contributed by atoms with Crippen LogP contribution in [0.25, 0.3) is 0 Å². The second kappa shape index (κ2) is 7.81. The predicted molar refractivity (Wildman–Crippen MR) is 107 cm³/mol. The summed E-state index contributed by atoms with van der Waals surface area (Å²) in [5.74, 6) is 0.719. The van der Waals surface area contributed by atoms with E-state index < -0.39 is 0 Å². The third-order valence-corrected chi connectivity index (χ3v) is 5.09. The third-order valence-electron chi connectivity index (χ3n) is 5.09. The van der Waals surface area contributed by atoms with Crippen molar-refractivity contribution in [2.45, 2.75) is 19.0 Å². The van der Waals surface area contributed by atoms with Gasteiger partial charge in [0, 0.05) is 50.0 Å². The lowest BCUT2D eigenvalue weighted by Crippen LogP contribution is -2.35. The zero-order chi connectivity index (χ0) is 19.5. The molecule has 0 amide bonds. The fraction of sp³-hybridized carbons (Fsp3) is 0.182. The molecule has 4 heterocycles. The molecule has 1 aliphatic rings. The molecule has 1 N–H and O–H groups in total. The lowest BCUT2D eigenvalue weighted by atomic mass is 9.96. The lowest BCUT2D eigenvalue weighted by molar-refractivity contribution is 0.200. The first-order chi connectivity index (χ1) is 14.4. The minimum absolute atomic E-state index is 0.0901. The smallest absolute Gasteiger partial charge is 0.321 e. The van der Waals surface area contributed by atoms with Crippen LogP contribution in [0.3, 0.4) is 0 Å². The zero-order valence-electron chi connectivity index (χ0n) is 15.8. The Morgan fingerprint density at radius 1 is 1.00 bits per heavy atom. The molecule has 0 aliphatic carbocycles. The van der Waals surface area contributed by atoms with Gasteiger partial charge in [-0.3, -0.25) is 9.88 Å². The van der Waals surface area contributed by atoms with Crippen LogP contribution >= 0.6 is 0 Å². The number of pyridine rings is 1. The van der Waals surface area contributed by atoms with E-state index in [2.05, 4.69) is 48.0 Å². The highest BCUT2D eigenvalue weighted by molar-refractivity contribution is 5.33. The minimum Gasteiger partial charge on any atom is -0.424 e. The monoisotopic (exact) mass is 384 g/mol. The number of aromatic amines is 1. The van der Waals surface area contributed by atoms with Gasteiger partial charge in [-0.05, 0) is 35.4 Å². The predicted octanol–water partition coefficient (Wildman–Crippen LogP) is 3.53. The highest BCUT2D eigenvalue weighted by atomic mass is 16.5. The van der Waals surface area contributed by atoms with Crippen molar-refractivity contribution in [3.63, 3.8) is 0 Å². The SMILES string of the molecule is c1cnc(Oc2ccc(CN3CCc4[nH]cnc4C3c3cccnc3)cc2)nc1. The number of H-pyrrole nitrogens is 1. The Hall–Kier alpha value is -3.58. The Balaban J connectivity index is 1.36. The number of imidazole rings is 1. The van der Waals surface area contributed by atoms with E-state index in [-0.39, 0.29) is 6.04 Å². The van der Waals surface area contributed by atoms with E-state index in [0.29, 0.717) is 6.01 Å². The number of fused-ring (bicyclic) bond motifs is 1. The Bertz CT molecular complexity index is 1070. The van der Waals surface area contributed by atoms with Gasteiger partial charge in [0.15, 0.2) is 0 Å². The minimum atomic E-state index is 0.0901. The Morgan fingerprint density at radius 3 is 2.66 bits per heavy atom. The van der Waals surface area contributed by atoms with Gasteiger partial charge >= 0.3 is 6.01 Å². The quantitative estimate of drug-likeness (QED) is 0.567. The Kier molecular flexibility index (Phi) is 4.72. The Labute approximate surface area is 168 Å². The van der Waals surface area contributed by atoms with E-state index in [1.807, 2.05) is 24.4 Å². The molecule has 7 heteroatoms. The molecule has 4 aromatic rings. The topological polar surface area (TPSA) is 79.8 Å². The number of hydrogen-bond acceptors (Lipinski definition) is 6. The maximum Gasteiger partial charge on any atom is 0.321 e. The van der Waals surface area contributed by atoms with Crippen molar-refractivity contribution in [3.05, 3.63) is 96.1 Å². The zero-order valence-corrected chi connectivity index (χ0v) is 15.8. The molecule has 144 valence electrons. The van der Waals surface area contributed by atoms with Gasteiger partial charge in [0.2, 0.25) is 0 Å². The standard InChI is InChI=1S/C22H20N6O/c1-3-17(13-23-9-1)21-20-19(26-15-27-20)8-12-28(21)14-16-4-6-18(7-5-16)29-22-24-10-2-11-25-22/h1-7,9-11,13,15,21H,8,12,14H2,(H,26,27). The summed E-state index contributed by atoms with van der Waals surface area (Å²) in [6, 6.07) is 14.4. The Morgan fingerprint density at radius 2 is 1.86 bits per heavy atom. The summed E-state index contributed by atoms with van der Waals surface area (Å²) in [6.07, 6.45) is 9.80. The van der Waals surface area contributed by atoms with E-state index in [4.69, 9.17) is 4.74 Å². The van der Waals surface area contributed by atoms with Crippen LogP contribution in [-0.4, -0.2) is 36.4 Å². The molecule has 0 saturated carbocycles. The summed E-state index contributed by atoms with van der Waals surface area (Å²) in [4.78, 5) is 22.8. The number of benzene rings is 1. The first kappa shape index (κ1) is 17.5. The normalized spacial score (nSPS) is 16.3. The molecule has 1 unspecified atom stereocenters. The maximum atomic E-state index is 5.69. The van der Waals surface area contributed by atoms with E-state index in [1.54, 1.807) is 31.0 Å². The van der Waals surface area contributed by atoms with Crippen molar-refractivity contribution in [3.8, 4) is 11.8 Å². The second-order valence-corrected chi connectivity index (χ2v) is 6.95. The van der Waals surface area contributed by atoms with Gasteiger partial charge in [-0.15, -0.1) is 0 Å². The van der Waals surface area contributed by atoms with Crippen molar-refractivity contribution >= 4 is 0 Å². The van der Waals surface area contributed by atoms with Gasteiger partial charge in [0.05, 0.1) is 18.1 Å². The molecule has 0 saturated heterocycles. The van der Waals surface area contributed by atoms with Crippen LogP contribution < -0.4 is 4.74 Å². The highest BCUT2D eigenvalue weighted by Gasteiger charge is 2.31. The molecule has 1 aromatic carbocycles. The van der Waals surface area contributed by atoms with Crippen LogP contribution in [-0.2, 0) is 13.0 Å². The molecule has 5 rings (SSSR count). The number of hydrogen-bond donors (Lipinski definition) is 1. The van der Waals surface area contributed by atoms with Crippen molar-refractivity contribution in [2.24, 2.45) is 0 Å². The van der Waals surface area contributed by atoms with E-state index in [1.165, 1.54) is 11.3 Å². The average Bonchev–Trinajstić information content (AvgIpc) is 3.25. The number of rotatable bonds is 5. The van der Waals surface area contributed by atoms with Gasteiger partial charge in [-0.2, -0.15) is 0 Å². The average molecular weight is 384 g/mol. The maximum absolute atomic E-state index is 5.69. The molecule has 1 atom stereocenters. The van der Waals surface area contributed by atoms with Crippen LogP contribution in [0.1, 0.15) is 28.6 Å². The van der Waals surface area contributed by atoms with Gasteiger partial charge in [0.1, 0.15) is 5.75 Å². The van der Waals surface area contributed by atoms with E-state index in [0.717, 1.165) is 36.5 Å². The summed E-state index contributed by atoms with van der Waals surface area (Å²) in [5.41, 5.74) is 4.66. The van der Waals surface area contributed by atoms with Crippen LogP contribution in [0, 0.1) is 0 Å². The van der Waals surface area contributed by atoms with Gasteiger partial charge < -0.3 is 9.72 Å². The largest absolute Gasteiger partial charge is 0.424 e. The third kappa shape index (κ3) is 3.72. The number of nitrogens with one attached hydrogen (secondary N) is 1. The summed E-state index contributed by atoms with van der Waals surface area (Å²) in [5, 5.41) is 0. The fourth-order valence-electron chi connectivity index (χ4n) is 3.74. The van der Waals surface area contributed by atoms with Crippen molar-refractivity contribution in [2.75, 3.05) is 6.54 Å². The molecule has 0 radical (unpaired) electrons. The molecule has 0 fully saturated rings. The molecule has 3 aromatic heterocycles. The first-order valence-corrected chi connectivity index (χ1v) is 9.57. The lowest BCUT2D eigenvalue weighted by Gasteiger charge is -2.35. The summed E-state index contributed by atoms with van der Waals surface area (Å²) in [7, 11) is 0. The van der Waals surface area contributed by atoms with Gasteiger partial charge in [-0.1, -0.05) is 18.2 Å². The summed E-state index contributed by atoms with van der Waals surface area (Å²) in [6.45, 7) is 1.76. The first-order valence-electron chi connectivity index (χ1n) is 9.57. The molecule has 0 spiro atoms. The number of aromatic nitrogens is 5. The number of nitrogens with zero attached hydrogens (tertiary/aromatic N) is 5. The molecule has 7 nitrogen and oxygen atoms in total. The second-order valence-electron chi connectivity index (χ2n) is 6.95. The van der Waals surface area contributed by atoms with Gasteiger partial charge in [0.25, 0.3) is 0 Å². The number of ether oxygens (including phenoxy) is 1. The van der Waals surface area contributed by atoms with Crippen LogP contribution in [0.4, 0.5) is 0 Å². The van der Waals surface area contributed by atoms with Crippen molar-refractivity contribution in [1.29, 1.82) is 0 Å². The van der Waals surface area contributed by atoms with Gasteiger partial charge in [-0.25, -0.2) is 15.0 Å². The summed E-state index contributed by atoms with van der Waals surface area (Å²) >= 11 is 0. The van der Waals surface area contributed by atoms with Crippen LogP contribution in [0.2, 0.25) is 0 Å². The molecule has 1 aliphatic heterocycles. The molecule has 0 bridgehead atoms. The molecular formula is C22H20N6O. The highest BCUT2D eigenvalue weighted by Crippen LogP contribution is 2.34. The van der Waals surface area contributed by atoms with Crippen LogP contribution in [0.15, 0.2) is 73.6 Å². The van der Waals surface area contributed by atoms with Crippen molar-refractivity contribution in [1.82, 2.24) is 29.8 Å². The van der Waals surface area contributed by atoms with Crippen molar-refractivity contribution < 1.29 is 4.74 Å². The van der Waals surface area contributed by atoms with E-state index >= 15 is 0 Å². The fourth-order valence-corrected chi connectivity index (χ4v) is 3.74. The molecular weight excluding hydrogens is 364 g/mol. The summed E-state index contributed by atoms with van der Waals surface area (Å²) < 4.78 is 5.69.